The van der Waals surface area contributed by atoms with E-state index >= 15 is 0 Å². The first-order chi connectivity index (χ1) is 11.6. The van der Waals surface area contributed by atoms with Crippen molar-refractivity contribution in [2.24, 2.45) is 0 Å². The van der Waals surface area contributed by atoms with Crippen LogP contribution >= 0.6 is 0 Å². The van der Waals surface area contributed by atoms with Gasteiger partial charge in [-0.3, -0.25) is 4.79 Å². The maximum Gasteiger partial charge on any atom is 0.339 e. The number of benzene rings is 1. The summed E-state index contributed by atoms with van der Waals surface area (Å²) in [7, 11) is 1.30. The fourth-order valence-corrected chi connectivity index (χ4v) is 2.67. The highest BCUT2D eigenvalue weighted by atomic mass is 16.5. The quantitative estimate of drug-likeness (QED) is 0.585. The molecule has 1 aromatic carbocycles. The molecule has 0 saturated carbocycles. The molecular weight excluding hydrogens is 320 g/mol. The van der Waals surface area contributed by atoms with Gasteiger partial charge in [0.25, 0.3) is 5.91 Å². The van der Waals surface area contributed by atoms with Crippen LogP contribution in [0.5, 0.6) is 5.75 Å². The molecule has 0 bridgehead atoms. The van der Waals surface area contributed by atoms with Crippen LogP contribution in [0.15, 0.2) is 18.2 Å². The molecule has 25 heavy (non-hydrogen) atoms. The number of carbonyl (C=O) groups is 2. The zero-order valence-electron chi connectivity index (χ0n) is 15.4. The zero-order chi connectivity index (χ0) is 18.9. The van der Waals surface area contributed by atoms with Crippen molar-refractivity contribution in [2.45, 2.75) is 40.0 Å². The average molecular weight is 344 g/mol. The lowest BCUT2D eigenvalue weighted by Crippen LogP contribution is -2.16. The number of anilines is 1. The van der Waals surface area contributed by atoms with Gasteiger partial charge in [-0.2, -0.15) is 0 Å². The van der Waals surface area contributed by atoms with Crippen LogP contribution in [-0.2, 0) is 10.2 Å². The number of hydrogen-bond donors (Lipinski definition) is 3. The van der Waals surface area contributed by atoms with E-state index in [4.69, 9.17) is 4.74 Å². The normalized spacial score (nSPS) is 11.3. The summed E-state index contributed by atoms with van der Waals surface area (Å²) in [4.78, 5) is 27.4. The van der Waals surface area contributed by atoms with Crippen molar-refractivity contribution in [1.29, 1.82) is 0 Å². The van der Waals surface area contributed by atoms with Crippen LogP contribution in [-0.4, -0.2) is 29.1 Å². The Kier molecular flexibility index (Phi) is 4.92. The lowest BCUT2D eigenvalue weighted by Gasteiger charge is -2.20. The van der Waals surface area contributed by atoms with Crippen LogP contribution in [0, 0.1) is 13.8 Å². The highest BCUT2D eigenvalue weighted by Gasteiger charge is 2.23. The van der Waals surface area contributed by atoms with Gasteiger partial charge in [-0.15, -0.1) is 0 Å². The molecule has 1 heterocycles. The number of carbonyl (C=O) groups excluding carboxylic acids is 2. The van der Waals surface area contributed by atoms with E-state index in [1.807, 2.05) is 26.8 Å². The van der Waals surface area contributed by atoms with E-state index in [2.05, 4.69) is 10.3 Å². The number of aryl methyl sites for hydroxylation is 1. The van der Waals surface area contributed by atoms with Gasteiger partial charge in [-0.25, -0.2) is 4.79 Å². The van der Waals surface area contributed by atoms with Crippen LogP contribution < -0.4 is 5.32 Å². The van der Waals surface area contributed by atoms with Crippen molar-refractivity contribution < 1.29 is 19.4 Å². The zero-order valence-corrected chi connectivity index (χ0v) is 15.4. The molecule has 0 aliphatic carbocycles. The van der Waals surface area contributed by atoms with Crippen LogP contribution in [0.25, 0.3) is 0 Å². The van der Waals surface area contributed by atoms with Crippen molar-refractivity contribution in [1.82, 2.24) is 4.98 Å². The van der Waals surface area contributed by atoms with E-state index in [1.165, 1.54) is 7.11 Å². The minimum absolute atomic E-state index is 0.0181. The Morgan fingerprint density at radius 1 is 1.20 bits per heavy atom. The molecule has 6 heteroatoms. The summed E-state index contributed by atoms with van der Waals surface area (Å²) in [6.45, 7) is 9.52. The Balaban J connectivity index is 2.37. The molecule has 134 valence electrons. The number of methoxy groups -OCH3 is 1. The molecule has 0 fully saturated rings. The summed E-state index contributed by atoms with van der Waals surface area (Å²) >= 11 is 0. The van der Waals surface area contributed by atoms with E-state index in [0.29, 0.717) is 22.5 Å². The Bertz CT molecular complexity index is 829. The van der Waals surface area contributed by atoms with Crippen molar-refractivity contribution in [3.8, 4) is 5.75 Å². The van der Waals surface area contributed by atoms with E-state index in [1.54, 1.807) is 26.0 Å². The maximum atomic E-state index is 12.6. The van der Waals surface area contributed by atoms with Crippen LogP contribution in [0.3, 0.4) is 0 Å². The Hall–Kier alpha value is -2.76. The summed E-state index contributed by atoms with van der Waals surface area (Å²) in [5, 5.41) is 12.8. The Morgan fingerprint density at radius 3 is 2.40 bits per heavy atom. The number of ether oxygens (including phenoxy) is 1. The minimum atomic E-state index is -0.497. The van der Waals surface area contributed by atoms with Gasteiger partial charge in [0.05, 0.1) is 18.4 Å². The summed E-state index contributed by atoms with van der Waals surface area (Å²) < 4.78 is 4.75. The number of phenolic OH excluding ortho intramolecular Hbond substituents is 1. The van der Waals surface area contributed by atoms with E-state index in [-0.39, 0.29) is 16.9 Å². The second kappa shape index (κ2) is 6.63. The molecule has 0 saturated heterocycles. The van der Waals surface area contributed by atoms with Gasteiger partial charge in [0.15, 0.2) is 0 Å². The fraction of sp³-hybridized carbons (Fsp3) is 0.368. The third-order valence-electron chi connectivity index (χ3n) is 4.16. The number of amides is 1. The summed E-state index contributed by atoms with van der Waals surface area (Å²) in [5.41, 5.74) is 2.86. The average Bonchev–Trinajstić information content (AvgIpc) is 2.82. The first-order valence-corrected chi connectivity index (χ1v) is 7.98. The van der Waals surface area contributed by atoms with E-state index < -0.39 is 11.9 Å². The lowest BCUT2D eigenvalue weighted by molar-refractivity contribution is 0.0599. The van der Waals surface area contributed by atoms with Gasteiger partial charge in [-0.1, -0.05) is 26.8 Å². The second-order valence-corrected chi connectivity index (χ2v) is 7.05. The molecule has 0 atom stereocenters. The number of hydrogen-bond acceptors (Lipinski definition) is 4. The Labute approximate surface area is 147 Å². The molecule has 3 N–H and O–H groups in total. The van der Waals surface area contributed by atoms with Gasteiger partial charge >= 0.3 is 5.97 Å². The van der Waals surface area contributed by atoms with Gasteiger partial charge < -0.3 is 20.1 Å². The summed E-state index contributed by atoms with van der Waals surface area (Å²) in [6.07, 6.45) is 0. The molecule has 2 aromatic rings. The SMILES string of the molecule is COC(=O)c1c(C)[nH]c(C(=O)Nc2cc(C(C)(C)C)ccc2O)c1C. The standard InChI is InChI=1S/C19H24N2O4/c1-10-15(18(24)25-6)11(2)20-16(10)17(23)21-13-9-12(19(3,4)5)7-8-14(13)22/h7-9,20,22H,1-6H3,(H,21,23). The molecule has 0 unspecified atom stereocenters. The third-order valence-corrected chi connectivity index (χ3v) is 4.16. The van der Waals surface area contributed by atoms with Gasteiger partial charge in [-0.05, 0) is 42.5 Å². The van der Waals surface area contributed by atoms with Crippen molar-refractivity contribution in [2.75, 3.05) is 12.4 Å². The first-order valence-electron chi connectivity index (χ1n) is 7.98. The van der Waals surface area contributed by atoms with Crippen molar-refractivity contribution in [3.63, 3.8) is 0 Å². The van der Waals surface area contributed by atoms with Crippen LogP contribution in [0.1, 0.15) is 58.4 Å². The van der Waals surface area contributed by atoms with Crippen LogP contribution in [0.2, 0.25) is 0 Å². The van der Waals surface area contributed by atoms with Gasteiger partial charge in [0.2, 0.25) is 0 Å². The molecule has 0 aliphatic heterocycles. The number of aromatic hydroxyl groups is 1. The highest BCUT2D eigenvalue weighted by molar-refractivity contribution is 6.07. The predicted molar refractivity (Wildman–Crippen MR) is 96.4 cm³/mol. The molecule has 1 aromatic heterocycles. The smallest absolute Gasteiger partial charge is 0.339 e. The third kappa shape index (κ3) is 3.68. The molecule has 0 aliphatic rings. The number of aromatic amines is 1. The summed E-state index contributed by atoms with van der Waals surface area (Å²) in [5.74, 6) is -0.949. The van der Waals surface area contributed by atoms with Gasteiger partial charge in [0, 0.05) is 5.69 Å². The fourth-order valence-electron chi connectivity index (χ4n) is 2.67. The van der Waals surface area contributed by atoms with Crippen molar-refractivity contribution in [3.05, 3.63) is 46.3 Å². The van der Waals surface area contributed by atoms with Gasteiger partial charge in [0.1, 0.15) is 11.4 Å². The summed E-state index contributed by atoms with van der Waals surface area (Å²) in [6, 6.07) is 5.13. The Morgan fingerprint density at radius 2 is 1.84 bits per heavy atom. The van der Waals surface area contributed by atoms with Crippen molar-refractivity contribution >= 4 is 17.6 Å². The van der Waals surface area contributed by atoms with E-state index in [0.717, 1.165) is 5.56 Å². The first kappa shape index (κ1) is 18.6. The highest BCUT2D eigenvalue weighted by Crippen LogP contribution is 2.31. The molecular formula is C19H24N2O4. The van der Waals surface area contributed by atoms with E-state index in [9.17, 15) is 14.7 Å². The maximum absolute atomic E-state index is 12.6. The monoisotopic (exact) mass is 344 g/mol. The molecule has 0 spiro atoms. The number of nitrogens with one attached hydrogen (secondary N) is 2. The number of H-pyrrole nitrogens is 1. The molecule has 6 nitrogen and oxygen atoms in total. The topological polar surface area (TPSA) is 91.4 Å². The number of esters is 1. The molecule has 1 amide bonds. The number of aromatic nitrogens is 1. The number of phenols is 1. The molecule has 2 rings (SSSR count). The largest absolute Gasteiger partial charge is 0.506 e. The predicted octanol–water partition coefficient (Wildman–Crippen LogP) is 3.67. The molecule has 0 radical (unpaired) electrons. The minimum Gasteiger partial charge on any atom is -0.506 e. The second-order valence-electron chi connectivity index (χ2n) is 7.05. The number of rotatable bonds is 3. The van der Waals surface area contributed by atoms with Crippen LogP contribution in [0.4, 0.5) is 5.69 Å². The lowest BCUT2D eigenvalue weighted by atomic mass is 9.87.